The van der Waals surface area contributed by atoms with Gasteiger partial charge in [0.25, 0.3) is 0 Å². The summed E-state index contributed by atoms with van der Waals surface area (Å²) < 4.78 is 0. The van der Waals surface area contributed by atoms with E-state index in [1.54, 1.807) is 0 Å². The third-order valence-corrected chi connectivity index (χ3v) is 3.86. The number of halogens is 1. The molecule has 88 valence electrons. The van der Waals surface area contributed by atoms with Gasteiger partial charge in [-0.2, -0.15) is 0 Å². The predicted molar refractivity (Wildman–Crippen MR) is 68.2 cm³/mol. The molecule has 1 aromatic rings. The van der Waals surface area contributed by atoms with Crippen LogP contribution in [0.4, 0.5) is 0 Å². The maximum Gasteiger partial charge on any atom is 0.0491 e. The van der Waals surface area contributed by atoms with E-state index in [0.29, 0.717) is 5.92 Å². The van der Waals surface area contributed by atoms with Crippen LogP contribution in [0.3, 0.4) is 0 Å². The normalized spacial score (nSPS) is 18.9. The fourth-order valence-electron chi connectivity index (χ4n) is 2.72. The highest BCUT2D eigenvalue weighted by molar-refractivity contribution is 6.30. The lowest BCUT2D eigenvalue weighted by Crippen LogP contribution is -2.33. The van der Waals surface area contributed by atoms with Crippen molar-refractivity contribution in [2.24, 2.45) is 11.8 Å². The summed E-state index contributed by atoms with van der Waals surface area (Å²) in [5, 5.41) is 0.791. The van der Waals surface area contributed by atoms with Crippen molar-refractivity contribution < 1.29 is 0 Å². The third-order valence-electron chi connectivity index (χ3n) is 3.63. The summed E-state index contributed by atoms with van der Waals surface area (Å²) in [6.45, 7) is 2.12. The molecule has 0 heterocycles. The summed E-state index contributed by atoms with van der Waals surface area (Å²) >= 11 is 6.06. The first-order valence-corrected chi connectivity index (χ1v) is 6.32. The maximum atomic E-state index is 6.06. The Hall–Kier alpha value is -0.570. The molecule has 0 radical (unpaired) electrons. The van der Waals surface area contributed by atoms with Crippen LogP contribution in [0.1, 0.15) is 42.9 Å². The molecule has 0 amide bonds. The predicted octanol–water partition coefficient (Wildman–Crippen LogP) is 3.34. The molecule has 1 unspecified atom stereocenters. The summed E-state index contributed by atoms with van der Waals surface area (Å²) in [5.74, 6) is 6.37. The average Bonchev–Trinajstić information content (AvgIpc) is 2.78. The molecule has 1 saturated carbocycles. The molecule has 0 aromatic heterocycles. The van der Waals surface area contributed by atoms with Crippen molar-refractivity contribution in [1.29, 1.82) is 0 Å². The van der Waals surface area contributed by atoms with Crippen LogP contribution in [0.25, 0.3) is 0 Å². The highest BCUT2D eigenvalue weighted by Crippen LogP contribution is 2.36. The molecule has 0 aliphatic heterocycles. The highest BCUT2D eigenvalue weighted by Gasteiger charge is 2.26. The molecule has 1 aromatic carbocycles. The van der Waals surface area contributed by atoms with Crippen molar-refractivity contribution in [2.45, 2.75) is 38.6 Å². The quantitative estimate of drug-likeness (QED) is 0.626. The Balaban J connectivity index is 2.28. The van der Waals surface area contributed by atoms with E-state index in [0.717, 1.165) is 5.02 Å². The van der Waals surface area contributed by atoms with Gasteiger partial charge < -0.3 is 0 Å². The molecule has 1 fully saturated rings. The molecular weight excluding hydrogens is 220 g/mol. The van der Waals surface area contributed by atoms with Crippen LogP contribution >= 0.6 is 11.6 Å². The fourth-order valence-corrected chi connectivity index (χ4v) is 2.90. The van der Waals surface area contributed by atoms with Gasteiger partial charge in [0.15, 0.2) is 0 Å². The highest BCUT2D eigenvalue weighted by atomic mass is 35.5. The number of hydrazine groups is 1. The number of hydrogen-bond donors (Lipinski definition) is 2. The van der Waals surface area contributed by atoms with E-state index in [1.165, 1.54) is 36.8 Å². The molecule has 1 atom stereocenters. The Labute approximate surface area is 102 Å². The first-order chi connectivity index (χ1) is 7.72. The van der Waals surface area contributed by atoms with Crippen molar-refractivity contribution in [3.05, 3.63) is 34.3 Å². The Bertz CT molecular complexity index is 359. The smallest absolute Gasteiger partial charge is 0.0491 e. The van der Waals surface area contributed by atoms with Gasteiger partial charge in [-0.15, -0.1) is 0 Å². The molecule has 1 aliphatic rings. The lowest BCUT2D eigenvalue weighted by molar-refractivity contribution is 0.372. The molecule has 3 heteroatoms. The minimum Gasteiger partial charge on any atom is -0.271 e. The van der Waals surface area contributed by atoms with Crippen molar-refractivity contribution in [2.75, 3.05) is 0 Å². The van der Waals surface area contributed by atoms with E-state index >= 15 is 0 Å². The van der Waals surface area contributed by atoms with Gasteiger partial charge in [0.2, 0.25) is 0 Å². The summed E-state index contributed by atoms with van der Waals surface area (Å²) in [7, 11) is 0. The summed E-state index contributed by atoms with van der Waals surface area (Å²) in [6.07, 6.45) is 5.17. The standard InChI is InChI=1S/C13H19ClN2/c1-9-6-7-11(14)8-12(9)13(16-15)10-4-2-3-5-10/h6-8,10,13,16H,2-5,15H2,1H3. The first-order valence-electron chi connectivity index (χ1n) is 5.94. The fraction of sp³-hybridized carbons (Fsp3) is 0.538. The van der Waals surface area contributed by atoms with E-state index in [-0.39, 0.29) is 6.04 Å². The van der Waals surface area contributed by atoms with Crippen LogP contribution < -0.4 is 11.3 Å². The van der Waals surface area contributed by atoms with Crippen molar-refractivity contribution in [1.82, 2.24) is 5.43 Å². The summed E-state index contributed by atoms with van der Waals surface area (Å²) in [4.78, 5) is 0. The summed E-state index contributed by atoms with van der Waals surface area (Å²) in [5.41, 5.74) is 5.48. The zero-order valence-electron chi connectivity index (χ0n) is 9.67. The van der Waals surface area contributed by atoms with Gasteiger partial charge in [0, 0.05) is 11.1 Å². The molecule has 16 heavy (non-hydrogen) atoms. The topological polar surface area (TPSA) is 38.0 Å². The zero-order chi connectivity index (χ0) is 11.5. The molecular formula is C13H19ClN2. The van der Waals surface area contributed by atoms with Gasteiger partial charge in [-0.3, -0.25) is 11.3 Å². The Morgan fingerprint density at radius 1 is 1.38 bits per heavy atom. The number of aryl methyl sites for hydroxylation is 1. The Kier molecular flexibility index (Phi) is 3.85. The summed E-state index contributed by atoms with van der Waals surface area (Å²) in [6, 6.07) is 6.29. The van der Waals surface area contributed by atoms with E-state index < -0.39 is 0 Å². The third kappa shape index (κ3) is 2.40. The van der Waals surface area contributed by atoms with E-state index in [4.69, 9.17) is 17.4 Å². The van der Waals surface area contributed by atoms with Crippen LogP contribution in [0.5, 0.6) is 0 Å². The molecule has 2 nitrogen and oxygen atoms in total. The van der Waals surface area contributed by atoms with Crippen LogP contribution in [0.15, 0.2) is 18.2 Å². The molecule has 0 spiro atoms. The second kappa shape index (κ2) is 5.17. The van der Waals surface area contributed by atoms with E-state index in [1.807, 2.05) is 12.1 Å². The van der Waals surface area contributed by atoms with E-state index in [2.05, 4.69) is 18.4 Å². The molecule has 3 N–H and O–H groups in total. The van der Waals surface area contributed by atoms with E-state index in [9.17, 15) is 0 Å². The number of nitrogens with two attached hydrogens (primary N) is 1. The van der Waals surface area contributed by atoms with Crippen molar-refractivity contribution >= 4 is 11.6 Å². The first kappa shape index (κ1) is 11.9. The van der Waals surface area contributed by atoms with Crippen LogP contribution in [0.2, 0.25) is 5.02 Å². The van der Waals surface area contributed by atoms with Gasteiger partial charge in [-0.1, -0.05) is 30.5 Å². The lowest BCUT2D eigenvalue weighted by Gasteiger charge is -2.24. The van der Waals surface area contributed by atoms with Gasteiger partial charge in [-0.25, -0.2) is 0 Å². The molecule has 1 aliphatic carbocycles. The lowest BCUT2D eigenvalue weighted by atomic mass is 9.90. The Morgan fingerprint density at radius 3 is 2.69 bits per heavy atom. The zero-order valence-corrected chi connectivity index (χ0v) is 10.4. The molecule has 0 bridgehead atoms. The number of rotatable bonds is 3. The molecule has 2 rings (SSSR count). The van der Waals surface area contributed by atoms with Crippen LogP contribution in [-0.4, -0.2) is 0 Å². The maximum absolute atomic E-state index is 6.06. The van der Waals surface area contributed by atoms with Crippen molar-refractivity contribution in [3.63, 3.8) is 0 Å². The van der Waals surface area contributed by atoms with Gasteiger partial charge >= 0.3 is 0 Å². The second-order valence-corrected chi connectivity index (χ2v) is 5.13. The minimum atomic E-state index is 0.251. The second-order valence-electron chi connectivity index (χ2n) is 4.69. The number of hydrogen-bond acceptors (Lipinski definition) is 2. The van der Waals surface area contributed by atoms with Crippen LogP contribution in [-0.2, 0) is 0 Å². The molecule has 0 saturated heterocycles. The van der Waals surface area contributed by atoms with Crippen molar-refractivity contribution in [3.8, 4) is 0 Å². The number of benzene rings is 1. The number of nitrogens with one attached hydrogen (secondary N) is 1. The van der Waals surface area contributed by atoms with Crippen LogP contribution in [0, 0.1) is 12.8 Å². The van der Waals surface area contributed by atoms with Gasteiger partial charge in [0.05, 0.1) is 0 Å². The average molecular weight is 239 g/mol. The monoisotopic (exact) mass is 238 g/mol. The van der Waals surface area contributed by atoms with Gasteiger partial charge in [0.1, 0.15) is 0 Å². The minimum absolute atomic E-state index is 0.251. The SMILES string of the molecule is Cc1ccc(Cl)cc1C(NN)C1CCCC1. The van der Waals surface area contributed by atoms with Gasteiger partial charge in [-0.05, 0) is 48.9 Å². The Morgan fingerprint density at radius 2 is 2.06 bits per heavy atom. The largest absolute Gasteiger partial charge is 0.271 e.